The zero-order chi connectivity index (χ0) is 38.0. The molecule has 0 spiro atoms. The minimum Gasteiger partial charge on any atom is -0.493 e. The van der Waals surface area contributed by atoms with E-state index in [-0.39, 0.29) is 44.0 Å². The molecule has 2 aliphatic heterocycles. The van der Waals surface area contributed by atoms with Crippen molar-refractivity contribution < 1.29 is 46.6 Å². The van der Waals surface area contributed by atoms with Gasteiger partial charge in [0.15, 0.2) is 22.7 Å². The fourth-order valence-corrected chi connectivity index (χ4v) is 8.81. The Labute approximate surface area is 303 Å². The quantitative estimate of drug-likeness (QED) is 0.221. The normalized spacial score (nSPS) is 19.4. The smallest absolute Gasteiger partial charge is 0.419 e. The lowest BCUT2D eigenvalue weighted by molar-refractivity contribution is -0.387. The van der Waals surface area contributed by atoms with Crippen LogP contribution in [0.4, 0.5) is 10.5 Å². The molecule has 0 N–H and O–H groups in total. The number of para-hydroxylation sites is 1. The zero-order valence-electron chi connectivity index (χ0n) is 30.8. The summed E-state index contributed by atoms with van der Waals surface area (Å²) >= 11 is 0. The maximum Gasteiger partial charge on any atom is 0.419 e. The number of hydrogen-bond donors (Lipinski definition) is 0. The predicted octanol–water partition coefficient (Wildman–Crippen LogP) is 5.15. The van der Waals surface area contributed by atoms with Crippen molar-refractivity contribution in [2.24, 2.45) is 5.41 Å². The third-order valence-corrected chi connectivity index (χ3v) is 11.6. The number of benzene rings is 2. The van der Waals surface area contributed by atoms with E-state index in [0.717, 1.165) is 6.07 Å². The molecule has 0 unspecified atom stereocenters. The van der Waals surface area contributed by atoms with E-state index in [4.69, 9.17) is 23.7 Å². The number of sulfonamides is 1. The number of fused-ring (bicyclic) bond motifs is 3. The molecule has 1 fully saturated rings. The Morgan fingerprint density at radius 3 is 2.33 bits per heavy atom. The molecule has 1 saturated heterocycles. The second kappa shape index (κ2) is 15.4. The molecule has 52 heavy (non-hydrogen) atoms. The van der Waals surface area contributed by atoms with Crippen LogP contribution in [0.3, 0.4) is 0 Å². The van der Waals surface area contributed by atoms with Crippen molar-refractivity contribution >= 4 is 38.6 Å². The lowest BCUT2D eigenvalue weighted by Gasteiger charge is -2.38. The average molecular weight is 745 g/mol. The van der Waals surface area contributed by atoms with Crippen molar-refractivity contribution in [1.29, 1.82) is 0 Å². The van der Waals surface area contributed by atoms with Gasteiger partial charge in [0, 0.05) is 56.2 Å². The maximum absolute atomic E-state index is 14.4. The van der Waals surface area contributed by atoms with Crippen LogP contribution in [0.25, 0.3) is 10.9 Å². The molecule has 5 rings (SSSR count). The first-order valence-corrected chi connectivity index (χ1v) is 18.7. The van der Waals surface area contributed by atoms with Crippen LogP contribution >= 0.6 is 0 Å². The highest BCUT2D eigenvalue weighted by molar-refractivity contribution is 7.89. The fraction of sp³-hybridized carbons (Fsp3) is 0.556. The van der Waals surface area contributed by atoms with Crippen LogP contribution in [0.5, 0.6) is 11.5 Å². The van der Waals surface area contributed by atoms with Crippen molar-refractivity contribution in [2.75, 3.05) is 54.6 Å². The molecule has 1 atom stereocenters. The van der Waals surface area contributed by atoms with E-state index >= 15 is 0 Å². The summed E-state index contributed by atoms with van der Waals surface area (Å²) in [5, 5.41) is 12.6. The van der Waals surface area contributed by atoms with E-state index in [1.54, 1.807) is 47.0 Å². The first-order chi connectivity index (χ1) is 24.5. The summed E-state index contributed by atoms with van der Waals surface area (Å²) < 4.78 is 61.1. The van der Waals surface area contributed by atoms with Crippen LogP contribution in [0.1, 0.15) is 57.7 Å². The molecular formula is C36H48N4O11S. The lowest BCUT2D eigenvalue weighted by atomic mass is 9.74. The van der Waals surface area contributed by atoms with Gasteiger partial charge in [0.25, 0.3) is 5.69 Å². The number of aromatic nitrogens is 1. The Hall–Kier alpha value is -4.25. The number of hydrogen-bond acceptors (Lipinski definition) is 11. The van der Waals surface area contributed by atoms with Crippen LogP contribution in [0.2, 0.25) is 0 Å². The number of nitro benzene ring substituents is 1. The minimum absolute atomic E-state index is 0.00378. The molecule has 3 heterocycles. The zero-order valence-corrected chi connectivity index (χ0v) is 31.6. The molecule has 0 saturated carbocycles. The summed E-state index contributed by atoms with van der Waals surface area (Å²) in [7, 11) is 1.87. The average Bonchev–Trinajstić information content (AvgIpc) is 3.73. The summed E-state index contributed by atoms with van der Waals surface area (Å²) in [6.07, 6.45) is -0.0826. The second-order valence-electron chi connectivity index (χ2n) is 14.3. The number of ether oxygens (including phenoxy) is 5. The van der Waals surface area contributed by atoms with Crippen molar-refractivity contribution in [3.63, 3.8) is 0 Å². The summed E-state index contributed by atoms with van der Waals surface area (Å²) in [6.45, 7) is 5.85. The molecule has 0 aliphatic carbocycles. The Morgan fingerprint density at radius 2 is 1.71 bits per heavy atom. The minimum atomic E-state index is -4.41. The van der Waals surface area contributed by atoms with Gasteiger partial charge in [-0.05, 0) is 76.6 Å². The Morgan fingerprint density at radius 1 is 1.02 bits per heavy atom. The molecule has 3 aromatic rings. The van der Waals surface area contributed by atoms with Crippen molar-refractivity contribution in [3.05, 3.63) is 57.8 Å². The summed E-state index contributed by atoms with van der Waals surface area (Å²) in [5.74, 6) is 0.486. The van der Waals surface area contributed by atoms with Gasteiger partial charge in [-0.15, -0.1) is 0 Å². The molecule has 15 nitrogen and oxygen atoms in total. The molecule has 1 aromatic heterocycles. The van der Waals surface area contributed by atoms with E-state index in [0.29, 0.717) is 60.4 Å². The van der Waals surface area contributed by atoms with Crippen molar-refractivity contribution in [2.45, 2.75) is 76.1 Å². The van der Waals surface area contributed by atoms with Crippen LogP contribution in [0.15, 0.2) is 41.3 Å². The summed E-state index contributed by atoms with van der Waals surface area (Å²) in [5.41, 5.74) is -0.759. The Balaban J connectivity index is 1.77. The third kappa shape index (κ3) is 7.75. The second-order valence-corrected chi connectivity index (χ2v) is 16.2. The molecule has 2 aromatic carbocycles. The highest BCUT2D eigenvalue weighted by Crippen LogP contribution is 2.45. The maximum atomic E-state index is 14.4. The van der Waals surface area contributed by atoms with Crippen LogP contribution in [0, 0.1) is 15.5 Å². The van der Waals surface area contributed by atoms with Gasteiger partial charge in [-0.2, -0.15) is 4.31 Å². The number of carbonyl (C=O) groups excluding carboxylic acids is 2. The molecule has 16 heteroatoms. The van der Waals surface area contributed by atoms with E-state index < -0.39 is 48.9 Å². The first kappa shape index (κ1) is 39.0. The van der Waals surface area contributed by atoms with Crippen LogP contribution in [-0.4, -0.2) is 106 Å². The third-order valence-electron chi connectivity index (χ3n) is 9.62. The Kier molecular flexibility index (Phi) is 11.5. The number of nitro groups is 1. The van der Waals surface area contributed by atoms with E-state index in [1.165, 1.54) is 46.2 Å². The molecule has 1 amide bonds. The van der Waals surface area contributed by atoms with E-state index in [2.05, 4.69) is 0 Å². The van der Waals surface area contributed by atoms with E-state index in [1.807, 2.05) is 0 Å². The highest BCUT2D eigenvalue weighted by atomic mass is 32.2. The predicted molar refractivity (Wildman–Crippen MR) is 191 cm³/mol. The number of methoxy groups -OCH3 is 2. The van der Waals surface area contributed by atoms with Gasteiger partial charge in [0.2, 0.25) is 15.9 Å². The first-order valence-electron chi connectivity index (χ1n) is 17.2. The highest BCUT2D eigenvalue weighted by Gasteiger charge is 2.45. The largest absolute Gasteiger partial charge is 0.493 e. The number of nitrogens with zero attached hydrogens (tertiary/aromatic N) is 4. The monoisotopic (exact) mass is 744 g/mol. The molecule has 0 bridgehead atoms. The summed E-state index contributed by atoms with van der Waals surface area (Å²) in [4.78, 5) is 40.1. The summed E-state index contributed by atoms with van der Waals surface area (Å²) in [6, 6.07) is 8.77. The van der Waals surface area contributed by atoms with Crippen molar-refractivity contribution in [1.82, 2.24) is 13.8 Å². The van der Waals surface area contributed by atoms with Gasteiger partial charge in [-0.25, -0.2) is 17.8 Å². The van der Waals surface area contributed by atoms with Crippen LogP contribution < -0.4 is 9.47 Å². The topological polar surface area (TPSA) is 169 Å². The van der Waals surface area contributed by atoms with Gasteiger partial charge < -0.3 is 28.6 Å². The molecule has 0 radical (unpaired) electrons. The van der Waals surface area contributed by atoms with Gasteiger partial charge in [-0.1, -0.05) is 12.1 Å². The fourth-order valence-electron chi connectivity index (χ4n) is 7.17. The van der Waals surface area contributed by atoms with Gasteiger partial charge in [0.05, 0.1) is 32.4 Å². The Bertz CT molecular complexity index is 1930. The van der Waals surface area contributed by atoms with E-state index in [9.17, 15) is 28.1 Å². The van der Waals surface area contributed by atoms with Gasteiger partial charge in [0.1, 0.15) is 11.1 Å². The molecule has 2 aliphatic rings. The molecule has 284 valence electrons. The molecular weight excluding hydrogens is 696 g/mol. The number of rotatable bonds is 8. The number of carbonyl (C=O) groups is 2. The lowest BCUT2D eigenvalue weighted by Crippen LogP contribution is -2.42. The van der Waals surface area contributed by atoms with Crippen molar-refractivity contribution in [3.8, 4) is 11.5 Å². The van der Waals surface area contributed by atoms with Gasteiger partial charge in [-0.3, -0.25) is 14.9 Å². The standard InChI is InChI=1S/C36H48N4O11S/c1-35(2,3)51-34(42)39-26-15-18-36(23-30(41)37(4)5,33-49-21-22-50-33)17-10-19-38(52(45,46)29-12-9-8-11-27(29)40(43)44)20-16-24(26)25-13-14-28(47-6)32(48-7)31(25)39/h8-9,11-14,33H,10,15-23H2,1-7H3/t36-/m1/s1. The number of amides is 1. The van der Waals surface area contributed by atoms with Gasteiger partial charge >= 0.3 is 6.09 Å². The SMILES string of the molecule is COc1ccc2c3c(n(C(=O)OC(C)(C)C)c2c1OC)CC[C@](CC(=O)N(C)C)(C1OCCO1)CCCN(S(=O)(=O)c1ccccc1[N+](=O)[O-])CC3. The van der Waals surface area contributed by atoms with Crippen LogP contribution in [-0.2, 0) is 41.9 Å².